The van der Waals surface area contributed by atoms with Gasteiger partial charge in [0.1, 0.15) is 12.6 Å². The van der Waals surface area contributed by atoms with Crippen LogP contribution in [0.4, 0.5) is 0 Å². The molecule has 1 heterocycles. The van der Waals surface area contributed by atoms with Gasteiger partial charge in [-0.2, -0.15) is 0 Å². The standard InChI is InChI=1S/C25H25NO5S/c1-16-9-11-18(12-10-16)32(27)23-8-6-5-7-19(23)25-26-20(15-31-25)17-13-21(28-2)24(30-4)22(14-17)29-3/h5-14,20H,15H2,1-4H3/t20-,32?/m1/s1. The first-order chi connectivity index (χ1) is 15.5. The Hall–Kier alpha value is -3.16. The molecule has 1 aliphatic rings. The maximum absolute atomic E-state index is 13.3. The Balaban J connectivity index is 1.68. The number of aryl methyl sites for hydroxylation is 1. The van der Waals surface area contributed by atoms with Crippen molar-refractivity contribution in [1.29, 1.82) is 0 Å². The van der Waals surface area contributed by atoms with E-state index in [9.17, 15) is 4.55 Å². The van der Waals surface area contributed by atoms with Gasteiger partial charge in [0, 0.05) is 11.2 Å². The maximum Gasteiger partial charge on any atom is 0.222 e. The van der Waals surface area contributed by atoms with Crippen LogP contribution in [0.1, 0.15) is 22.7 Å². The molecule has 0 aliphatic carbocycles. The molecule has 0 aromatic heterocycles. The molecule has 7 heteroatoms. The highest BCUT2D eigenvalue weighted by atomic mass is 32.2. The maximum atomic E-state index is 13.3. The number of methoxy groups -OCH3 is 3. The third kappa shape index (κ3) is 4.26. The van der Waals surface area contributed by atoms with Crippen LogP contribution in [0, 0.1) is 6.92 Å². The minimum absolute atomic E-state index is 0.250. The van der Waals surface area contributed by atoms with Gasteiger partial charge in [0.15, 0.2) is 21.3 Å². The molecule has 0 radical (unpaired) electrons. The van der Waals surface area contributed by atoms with Crippen LogP contribution in [0.3, 0.4) is 0 Å². The molecular formula is C25H25NO5S. The predicted octanol–water partition coefficient (Wildman–Crippen LogP) is 4.71. The van der Waals surface area contributed by atoms with E-state index in [1.54, 1.807) is 21.3 Å². The second-order valence-corrected chi connectivity index (χ2v) is 8.75. The van der Waals surface area contributed by atoms with Crippen molar-refractivity contribution in [3.63, 3.8) is 0 Å². The number of rotatable bonds is 7. The summed E-state index contributed by atoms with van der Waals surface area (Å²) < 4.78 is 35.6. The summed E-state index contributed by atoms with van der Waals surface area (Å²) in [4.78, 5) is 6.20. The van der Waals surface area contributed by atoms with Crippen LogP contribution in [0.25, 0.3) is 0 Å². The van der Waals surface area contributed by atoms with Crippen molar-refractivity contribution in [2.75, 3.05) is 27.9 Å². The summed E-state index contributed by atoms with van der Waals surface area (Å²) in [7, 11) is 4.73. The van der Waals surface area contributed by atoms with Crippen molar-refractivity contribution < 1.29 is 23.5 Å². The number of hydrogen-bond donors (Lipinski definition) is 0. The first-order valence-corrected chi connectivity index (χ1v) is 11.3. The predicted molar refractivity (Wildman–Crippen MR) is 124 cm³/mol. The minimum Gasteiger partial charge on any atom is -0.606 e. The van der Waals surface area contributed by atoms with E-state index in [0.29, 0.717) is 34.6 Å². The van der Waals surface area contributed by atoms with Gasteiger partial charge in [-0.15, -0.1) is 0 Å². The Morgan fingerprint density at radius 1 is 0.938 bits per heavy atom. The average molecular weight is 452 g/mol. The molecule has 0 bridgehead atoms. The van der Waals surface area contributed by atoms with Crippen LogP contribution < -0.4 is 14.2 Å². The number of benzene rings is 3. The van der Waals surface area contributed by atoms with E-state index in [4.69, 9.17) is 23.9 Å². The fourth-order valence-electron chi connectivity index (χ4n) is 3.58. The van der Waals surface area contributed by atoms with Crippen molar-refractivity contribution in [2.24, 2.45) is 4.99 Å². The molecule has 0 fully saturated rings. The van der Waals surface area contributed by atoms with Crippen LogP contribution in [0.15, 0.2) is 75.4 Å². The summed E-state index contributed by atoms with van der Waals surface area (Å²) in [5, 5.41) is 0. The van der Waals surface area contributed by atoms with Gasteiger partial charge in [-0.05, 0) is 48.9 Å². The van der Waals surface area contributed by atoms with E-state index < -0.39 is 11.2 Å². The van der Waals surface area contributed by atoms with E-state index >= 15 is 0 Å². The zero-order valence-electron chi connectivity index (χ0n) is 18.5. The Morgan fingerprint density at radius 3 is 2.22 bits per heavy atom. The van der Waals surface area contributed by atoms with E-state index in [1.807, 2.05) is 67.6 Å². The van der Waals surface area contributed by atoms with Gasteiger partial charge in [0.2, 0.25) is 11.6 Å². The molecule has 3 aromatic rings. The van der Waals surface area contributed by atoms with Crippen molar-refractivity contribution in [3.8, 4) is 17.2 Å². The van der Waals surface area contributed by atoms with Gasteiger partial charge in [0.05, 0.1) is 26.9 Å². The minimum atomic E-state index is -1.35. The third-order valence-electron chi connectivity index (χ3n) is 5.28. The van der Waals surface area contributed by atoms with E-state index in [-0.39, 0.29) is 6.04 Å². The monoisotopic (exact) mass is 451 g/mol. The second-order valence-electron chi connectivity index (χ2n) is 7.30. The summed E-state index contributed by atoms with van der Waals surface area (Å²) >= 11 is -1.35. The van der Waals surface area contributed by atoms with Crippen LogP contribution in [-0.4, -0.2) is 38.4 Å². The molecule has 0 saturated carbocycles. The van der Waals surface area contributed by atoms with Gasteiger partial charge in [-0.3, -0.25) is 0 Å². The normalized spacial score (nSPS) is 16.2. The highest BCUT2D eigenvalue weighted by Crippen LogP contribution is 2.41. The largest absolute Gasteiger partial charge is 0.606 e. The highest BCUT2D eigenvalue weighted by molar-refractivity contribution is 7.91. The summed E-state index contributed by atoms with van der Waals surface area (Å²) in [5.74, 6) is 2.12. The van der Waals surface area contributed by atoms with E-state index in [2.05, 4.69) is 0 Å². The highest BCUT2D eigenvalue weighted by Gasteiger charge is 2.29. The van der Waals surface area contributed by atoms with Crippen molar-refractivity contribution in [2.45, 2.75) is 22.8 Å². The molecule has 166 valence electrons. The SMILES string of the molecule is COc1cc([C@H]2COC(c3ccccc3[S+]([O-])c3ccc(C)cc3)=N2)cc(OC)c1OC. The number of nitrogens with zero attached hydrogens (tertiary/aromatic N) is 1. The van der Waals surface area contributed by atoms with Gasteiger partial charge < -0.3 is 23.5 Å². The zero-order chi connectivity index (χ0) is 22.7. The van der Waals surface area contributed by atoms with Crippen LogP contribution in [0.5, 0.6) is 17.2 Å². The van der Waals surface area contributed by atoms with Crippen molar-refractivity contribution in [3.05, 3.63) is 77.4 Å². The molecule has 2 atom stereocenters. The van der Waals surface area contributed by atoms with Gasteiger partial charge in [-0.25, -0.2) is 4.99 Å². The van der Waals surface area contributed by atoms with E-state index in [0.717, 1.165) is 21.6 Å². The summed E-state index contributed by atoms with van der Waals surface area (Å²) in [6.07, 6.45) is 0. The summed E-state index contributed by atoms with van der Waals surface area (Å²) in [5.41, 5.74) is 2.73. The molecule has 1 unspecified atom stereocenters. The van der Waals surface area contributed by atoms with Gasteiger partial charge in [-0.1, -0.05) is 29.8 Å². The van der Waals surface area contributed by atoms with Crippen LogP contribution >= 0.6 is 0 Å². The molecule has 6 nitrogen and oxygen atoms in total. The summed E-state index contributed by atoms with van der Waals surface area (Å²) in [6.45, 7) is 2.37. The lowest BCUT2D eigenvalue weighted by Gasteiger charge is -2.15. The van der Waals surface area contributed by atoms with E-state index in [1.165, 1.54) is 0 Å². The molecule has 0 amide bonds. The number of aliphatic imine (C=N–C) groups is 1. The molecular weight excluding hydrogens is 426 g/mol. The number of ether oxygens (including phenoxy) is 4. The lowest BCUT2D eigenvalue weighted by atomic mass is 10.1. The second kappa shape index (κ2) is 9.54. The molecule has 4 rings (SSSR count). The first-order valence-electron chi connectivity index (χ1n) is 10.1. The van der Waals surface area contributed by atoms with Crippen molar-refractivity contribution in [1.82, 2.24) is 0 Å². The Morgan fingerprint density at radius 2 is 1.59 bits per heavy atom. The Kier molecular flexibility index (Phi) is 6.58. The lowest BCUT2D eigenvalue weighted by Crippen LogP contribution is -2.11. The van der Waals surface area contributed by atoms with Crippen LogP contribution in [0.2, 0.25) is 0 Å². The quantitative estimate of drug-likeness (QED) is 0.487. The molecule has 0 saturated heterocycles. The summed E-state index contributed by atoms with van der Waals surface area (Å²) in [6, 6.07) is 18.7. The number of hydrogen-bond acceptors (Lipinski definition) is 6. The van der Waals surface area contributed by atoms with Crippen molar-refractivity contribution >= 4 is 17.1 Å². The Labute approximate surface area is 191 Å². The Bertz CT molecular complexity index is 1100. The van der Waals surface area contributed by atoms with Crippen LogP contribution in [-0.2, 0) is 15.9 Å². The molecule has 1 aliphatic heterocycles. The molecule has 0 spiro atoms. The zero-order valence-corrected chi connectivity index (χ0v) is 19.3. The molecule has 3 aromatic carbocycles. The molecule has 32 heavy (non-hydrogen) atoms. The van der Waals surface area contributed by atoms with Gasteiger partial charge in [0.25, 0.3) is 0 Å². The molecule has 0 N–H and O–H groups in total. The topological polar surface area (TPSA) is 72.3 Å². The first kappa shape index (κ1) is 22.0. The lowest BCUT2D eigenvalue weighted by molar-refractivity contribution is 0.312. The third-order valence-corrected chi connectivity index (χ3v) is 6.73. The smallest absolute Gasteiger partial charge is 0.222 e. The average Bonchev–Trinajstić information content (AvgIpc) is 3.33. The fourth-order valence-corrected chi connectivity index (χ4v) is 4.77. The van der Waals surface area contributed by atoms with Gasteiger partial charge >= 0.3 is 0 Å². The fraction of sp³-hybridized carbons (Fsp3) is 0.240.